The molecule has 3 rings (SSSR count). The lowest BCUT2D eigenvalue weighted by Gasteiger charge is -2.36. The largest absolute Gasteiger partial charge is 0.367 e. The van der Waals surface area contributed by atoms with Crippen molar-refractivity contribution >= 4 is 5.69 Å². The predicted octanol–water partition coefficient (Wildman–Crippen LogP) is 3.92. The minimum atomic E-state index is -0.342. The van der Waals surface area contributed by atoms with Crippen LogP contribution in [0.1, 0.15) is 24.8 Å². The molecule has 1 heterocycles. The smallest absolute Gasteiger partial charge is 0.125 e. The molecule has 2 aromatic rings. The van der Waals surface area contributed by atoms with Gasteiger partial charge in [0.05, 0.1) is 6.07 Å². The first-order valence-corrected chi connectivity index (χ1v) is 6.93. The van der Waals surface area contributed by atoms with Crippen LogP contribution in [0.2, 0.25) is 0 Å². The van der Waals surface area contributed by atoms with Gasteiger partial charge in [0.1, 0.15) is 5.54 Å². The molecule has 1 aliphatic rings. The standard InChI is InChI=1S/C17H17N3/c1-13-7-10-19-11-16(13)14-3-5-15(6-4-14)20-17(12-18)8-2-9-17/h3-7,10-11,20H,2,8-9H2,1H3. The van der Waals surface area contributed by atoms with Gasteiger partial charge in [-0.2, -0.15) is 5.26 Å². The Bertz CT molecular complexity index is 649. The van der Waals surface area contributed by atoms with E-state index in [4.69, 9.17) is 0 Å². The Morgan fingerprint density at radius 2 is 1.95 bits per heavy atom. The molecule has 0 radical (unpaired) electrons. The molecular weight excluding hydrogens is 246 g/mol. The molecule has 0 bridgehead atoms. The second kappa shape index (κ2) is 4.97. The molecule has 0 spiro atoms. The molecule has 0 aliphatic heterocycles. The van der Waals surface area contributed by atoms with Crippen LogP contribution in [0.25, 0.3) is 11.1 Å². The number of hydrogen-bond donors (Lipinski definition) is 1. The quantitative estimate of drug-likeness (QED) is 0.913. The number of benzene rings is 1. The normalized spacial score (nSPS) is 16.0. The highest BCUT2D eigenvalue weighted by atomic mass is 15.0. The van der Waals surface area contributed by atoms with Crippen LogP contribution in [0.5, 0.6) is 0 Å². The number of hydrogen-bond acceptors (Lipinski definition) is 3. The second-order valence-corrected chi connectivity index (χ2v) is 5.44. The van der Waals surface area contributed by atoms with Crippen molar-refractivity contribution in [2.45, 2.75) is 31.7 Å². The van der Waals surface area contributed by atoms with Gasteiger partial charge >= 0.3 is 0 Å². The fraction of sp³-hybridized carbons (Fsp3) is 0.294. The van der Waals surface area contributed by atoms with E-state index >= 15 is 0 Å². The maximum Gasteiger partial charge on any atom is 0.125 e. The number of aryl methyl sites for hydroxylation is 1. The van der Waals surface area contributed by atoms with Crippen LogP contribution in [0.4, 0.5) is 5.69 Å². The predicted molar refractivity (Wildman–Crippen MR) is 80.2 cm³/mol. The zero-order valence-corrected chi connectivity index (χ0v) is 11.6. The van der Waals surface area contributed by atoms with Crippen molar-refractivity contribution in [2.75, 3.05) is 5.32 Å². The third-order valence-electron chi connectivity index (χ3n) is 4.04. The van der Waals surface area contributed by atoms with E-state index in [9.17, 15) is 5.26 Å². The highest BCUT2D eigenvalue weighted by Crippen LogP contribution is 2.35. The first-order valence-electron chi connectivity index (χ1n) is 6.93. The highest BCUT2D eigenvalue weighted by molar-refractivity contribution is 5.68. The minimum Gasteiger partial charge on any atom is -0.367 e. The summed E-state index contributed by atoms with van der Waals surface area (Å²) in [6.45, 7) is 2.09. The number of nitriles is 1. The molecule has 0 unspecified atom stereocenters. The fourth-order valence-electron chi connectivity index (χ4n) is 2.57. The van der Waals surface area contributed by atoms with Crippen LogP contribution >= 0.6 is 0 Å². The summed E-state index contributed by atoms with van der Waals surface area (Å²) in [6.07, 6.45) is 6.70. The Morgan fingerprint density at radius 1 is 1.20 bits per heavy atom. The number of rotatable bonds is 3. The maximum atomic E-state index is 9.25. The summed E-state index contributed by atoms with van der Waals surface area (Å²) in [5, 5.41) is 12.6. The second-order valence-electron chi connectivity index (χ2n) is 5.44. The Balaban J connectivity index is 1.82. The van der Waals surface area contributed by atoms with E-state index in [-0.39, 0.29) is 5.54 Å². The number of anilines is 1. The third-order valence-corrected chi connectivity index (χ3v) is 4.04. The van der Waals surface area contributed by atoms with Crippen molar-refractivity contribution in [3.05, 3.63) is 48.3 Å². The number of nitrogens with zero attached hydrogens (tertiary/aromatic N) is 2. The van der Waals surface area contributed by atoms with Crippen LogP contribution < -0.4 is 5.32 Å². The van der Waals surface area contributed by atoms with Crippen molar-refractivity contribution in [3.63, 3.8) is 0 Å². The van der Waals surface area contributed by atoms with Crippen LogP contribution in [-0.4, -0.2) is 10.5 Å². The molecule has 100 valence electrons. The molecule has 1 fully saturated rings. The van der Waals surface area contributed by atoms with Crippen molar-refractivity contribution in [1.82, 2.24) is 4.98 Å². The zero-order valence-electron chi connectivity index (χ0n) is 11.6. The molecule has 1 N–H and O–H groups in total. The number of pyridine rings is 1. The molecule has 1 aromatic heterocycles. The van der Waals surface area contributed by atoms with Crippen molar-refractivity contribution in [1.29, 1.82) is 5.26 Å². The van der Waals surface area contributed by atoms with Gasteiger partial charge in [-0.1, -0.05) is 12.1 Å². The molecule has 0 atom stereocenters. The Morgan fingerprint density at radius 3 is 2.50 bits per heavy atom. The molecule has 1 aliphatic carbocycles. The number of aromatic nitrogens is 1. The van der Waals surface area contributed by atoms with E-state index in [1.54, 1.807) is 0 Å². The molecule has 0 saturated heterocycles. The van der Waals surface area contributed by atoms with Crippen molar-refractivity contribution < 1.29 is 0 Å². The van der Waals surface area contributed by atoms with E-state index in [2.05, 4.69) is 35.4 Å². The van der Waals surface area contributed by atoms with Gasteiger partial charge in [-0.05, 0) is 55.5 Å². The molecular formula is C17H17N3. The van der Waals surface area contributed by atoms with Gasteiger partial charge in [-0.3, -0.25) is 4.98 Å². The third kappa shape index (κ3) is 2.25. The van der Waals surface area contributed by atoms with E-state index in [1.165, 1.54) is 5.56 Å². The summed E-state index contributed by atoms with van der Waals surface area (Å²) in [5.41, 5.74) is 4.19. The summed E-state index contributed by atoms with van der Waals surface area (Å²) in [4.78, 5) is 4.18. The van der Waals surface area contributed by atoms with E-state index in [1.807, 2.05) is 30.6 Å². The minimum absolute atomic E-state index is 0.342. The first kappa shape index (κ1) is 12.7. The van der Waals surface area contributed by atoms with Crippen molar-refractivity contribution in [2.24, 2.45) is 0 Å². The van der Waals surface area contributed by atoms with Gasteiger partial charge in [-0.25, -0.2) is 0 Å². The maximum absolute atomic E-state index is 9.25. The summed E-state index contributed by atoms with van der Waals surface area (Å²) in [7, 11) is 0. The lowest BCUT2D eigenvalue weighted by atomic mass is 9.78. The monoisotopic (exact) mass is 263 g/mol. The lowest BCUT2D eigenvalue weighted by Crippen LogP contribution is -2.43. The molecule has 3 heteroatoms. The van der Waals surface area contributed by atoms with Crippen molar-refractivity contribution in [3.8, 4) is 17.2 Å². The summed E-state index contributed by atoms with van der Waals surface area (Å²) in [5.74, 6) is 0. The van der Waals surface area contributed by atoms with Gasteiger partial charge in [0, 0.05) is 23.6 Å². The SMILES string of the molecule is Cc1ccncc1-c1ccc(NC2(C#N)CCC2)cc1. The van der Waals surface area contributed by atoms with Gasteiger partial charge in [-0.15, -0.1) is 0 Å². The van der Waals surface area contributed by atoms with Gasteiger partial charge in [0.25, 0.3) is 0 Å². The topological polar surface area (TPSA) is 48.7 Å². The van der Waals surface area contributed by atoms with Crippen LogP contribution in [0, 0.1) is 18.3 Å². The number of nitrogens with one attached hydrogen (secondary N) is 1. The van der Waals surface area contributed by atoms with Gasteiger partial charge < -0.3 is 5.32 Å². The molecule has 20 heavy (non-hydrogen) atoms. The molecule has 1 aromatic carbocycles. The van der Waals surface area contributed by atoms with E-state index in [0.717, 1.165) is 36.1 Å². The summed E-state index contributed by atoms with van der Waals surface area (Å²) < 4.78 is 0. The lowest BCUT2D eigenvalue weighted by molar-refractivity contribution is 0.356. The molecule has 1 saturated carbocycles. The van der Waals surface area contributed by atoms with E-state index in [0.29, 0.717) is 0 Å². The average molecular weight is 263 g/mol. The Kier molecular flexibility index (Phi) is 3.15. The Hall–Kier alpha value is -2.34. The van der Waals surface area contributed by atoms with Gasteiger partial charge in [0.2, 0.25) is 0 Å². The van der Waals surface area contributed by atoms with Crippen LogP contribution in [0.15, 0.2) is 42.7 Å². The summed E-state index contributed by atoms with van der Waals surface area (Å²) >= 11 is 0. The van der Waals surface area contributed by atoms with Crippen LogP contribution in [-0.2, 0) is 0 Å². The fourth-order valence-corrected chi connectivity index (χ4v) is 2.57. The zero-order chi connectivity index (χ0) is 14.0. The Labute approximate surface area is 119 Å². The van der Waals surface area contributed by atoms with Crippen LogP contribution in [0.3, 0.4) is 0 Å². The first-order chi connectivity index (χ1) is 9.72. The average Bonchev–Trinajstić information content (AvgIpc) is 2.44. The molecule has 3 nitrogen and oxygen atoms in total. The van der Waals surface area contributed by atoms with Gasteiger partial charge in [0.15, 0.2) is 0 Å². The summed E-state index contributed by atoms with van der Waals surface area (Å²) in [6, 6.07) is 12.7. The van der Waals surface area contributed by atoms with E-state index < -0.39 is 0 Å². The highest BCUT2D eigenvalue weighted by Gasteiger charge is 2.36. The molecule has 0 amide bonds.